The Balaban J connectivity index is 1.56. The zero-order chi connectivity index (χ0) is 21.3. The van der Waals surface area contributed by atoms with Crippen molar-refractivity contribution in [3.63, 3.8) is 0 Å². The molecule has 0 bridgehead atoms. The van der Waals surface area contributed by atoms with Gasteiger partial charge in [-0.05, 0) is 62.0 Å². The molecule has 0 aliphatic heterocycles. The number of hydrogen-bond donors (Lipinski definition) is 3. The lowest BCUT2D eigenvalue weighted by atomic mass is 9.45. The van der Waals surface area contributed by atoms with Crippen LogP contribution in [0.15, 0.2) is 39.3 Å². The van der Waals surface area contributed by atoms with E-state index in [0.717, 1.165) is 30.3 Å². The molecule has 3 saturated carbocycles. The molecule has 0 unspecified atom stereocenters. The van der Waals surface area contributed by atoms with E-state index in [-0.39, 0.29) is 24.2 Å². The average molecular weight is 414 g/mol. The zero-order valence-corrected chi connectivity index (χ0v) is 17.3. The van der Waals surface area contributed by atoms with Crippen molar-refractivity contribution in [1.82, 2.24) is 0 Å². The number of hydrogen-bond acceptors (Lipinski definition) is 6. The van der Waals surface area contributed by atoms with Crippen molar-refractivity contribution in [2.24, 2.45) is 22.7 Å². The first-order valence-electron chi connectivity index (χ1n) is 11.1. The first-order valence-corrected chi connectivity index (χ1v) is 11.1. The lowest BCUT2D eigenvalue weighted by Gasteiger charge is -2.61. The van der Waals surface area contributed by atoms with E-state index in [4.69, 9.17) is 4.42 Å². The van der Waals surface area contributed by atoms with E-state index in [9.17, 15) is 24.9 Å². The van der Waals surface area contributed by atoms with Gasteiger partial charge in [0, 0.05) is 23.8 Å². The minimum atomic E-state index is -1.10. The van der Waals surface area contributed by atoms with Crippen LogP contribution in [0, 0.1) is 22.7 Å². The summed E-state index contributed by atoms with van der Waals surface area (Å²) in [5.41, 5.74) is -0.956. The summed E-state index contributed by atoms with van der Waals surface area (Å²) >= 11 is 0. The molecule has 3 fully saturated rings. The number of fused-ring (bicyclic) bond motifs is 5. The molecule has 1 aromatic heterocycles. The Hall–Kier alpha value is -1.76. The van der Waals surface area contributed by atoms with Gasteiger partial charge in [0.15, 0.2) is 0 Å². The number of allylic oxidation sites excluding steroid dienone is 1. The van der Waals surface area contributed by atoms with Gasteiger partial charge in [0.1, 0.15) is 6.29 Å². The monoisotopic (exact) mass is 414 g/mol. The SMILES string of the molecule is C[C@]12CC[C@H]3[C@H](CCC4=C[C@H](O)CC[C@@]43C=O)[C@@]1(O)C[C@H](O)[C@@H]2c1ccc(=O)oc1. The predicted molar refractivity (Wildman–Crippen MR) is 109 cm³/mol. The van der Waals surface area contributed by atoms with Gasteiger partial charge in [0.25, 0.3) is 0 Å². The lowest BCUT2D eigenvalue weighted by Crippen LogP contribution is -2.61. The highest BCUT2D eigenvalue weighted by atomic mass is 16.4. The van der Waals surface area contributed by atoms with Crippen molar-refractivity contribution < 1.29 is 24.5 Å². The Morgan fingerprint density at radius 3 is 2.63 bits per heavy atom. The maximum absolute atomic E-state index is 12.4. The van der Waals surface area contributed by atoms with Gasteiger partial charge in [0.2, 0.25) is 0 Å². The minimum Gasteiger partial charge on any atom is -0.431 e. The summed E-state index contributed by atoms with van der Waals surface area (Å²) in [4.78, 5) is 23.9. The molecule has 1 heterocycles. The molecule has 5 rings (SSSR count). The fraction of sp³-hybridized carbons (Fsp3) is 0.667. The van der Waals surface area contributed by atoms with Crippen molar-refractivity contribution >= 4 is 6.29 Å². The molecule has 30 heavy (non-hydrogen) atoms. The number of carbonyl (C=O) groups is 1. The van der Waals surface area contributed by atoms with Crippen molar-refractivity contribution in [2.45, 2.75) is 75.6 Å². The lowest BCUT2D eigenvalue weighted by molar-refractivity contribution is -0.180. The normalized spacial score (nSPS) is 47.6. The summed E-state index contributed by atoms with van der Waals surface area (Å²) in [6.45, 7) is 2.04. The van der Waals surface area contributed by atoms with E-state index < -0.39 is 34.3 Å². The molecule has 0 radical (unpaired) electrons. The third-order valence-corrected chi connectivity index (χ3v) is 9.18. The molecule has 162 valence electrons. The van der Waals surface area contributed by atoms with E-state index in [1.54, 1.807) is 6.07 Å². The second-order valence-electron chi connectivity index (χ2n) is 10.2. The van der Waals surface area contributed by atoms with Crippen LogP contribution in [-0.2, 0) is 4.79 Å². The summed E-state index contributed by atoms with van der Waals surface area (Å²) in [5.74, 6) is -0.408. The summed E-state index contributed by atoms with van der Waals surface area (Å²) in [6.07, 6.45) is 7.45. The Morgan fingerprint density at radius 2 is 1.93 bits per heavy atom. The number of carbonyl (C=O) groups excluding carboxylic acids is 1. The van der Waals surface area contributed by atoms with E-state index in [2.05, 4.69) is 0 Å². The molecular weight excluding hydrogens is 384 g/mol. The minimum absolute atomic E-state index is 0.0141. The molecule has 0 spiro atoms. The first kappa shape index (κ1) is 20.2. The highest BCUT2D eigenvalue weighted by Gasteiger charge is 2.69. The van der Waals surface area contributed by atoms with Crippen LogP contribution in [0.3, 0.4) is 0 Å². The van der Waals surface area contributed by atoms with Crippen molar-refractivity contribution in [3.05, 3.63) is 46.0 Å². The Bertz CT molecular complexity index is 931. The van der Waals surface area contributed by atoms with Gasteiger partial charge in [-0.3, -0.25) is 0 Å². The van der Waals surface area contributed by atoms with Crippen LogP contribution in [0.1, 0.15) is 63.4 Å². The van der Waals surface area contributed by atoms with E-state index >= 15 is 0 Å². The van der Waals surface area contributed by atoms with Crippen LogP contribution in [-0.4, -0.2) is 39.4 Å². The summed E-state index contributed by atoms with van der Waals surface area (Å²) in [5, 5.41) is 33.3. The number of aliphatic hydroxyl groups is 3. The van der Waals surface area contributed by atoms with Gasteiger partial charge < -0.3 is 24.5 Å². The van der Waals surface area contributed by atoms with Gasteiger partial charge in [-0.25, -0.2) is 4.79 Å². The fourth-order valence-corrected chi connectivity index (χ4v) is 7.78. The molecule has 8 atom stereocenters. The molecule has 6 nitrogen and oxygen atoms in total. The average Bonchev–Trinajstić information content (AvgIpc) is 2.93. The third-order valence-electron chi connectivity index (χ3n) is 9.18. The van der Waals surface area contributed by atoms with Crippen molar-refractivity contribution in [1.29, 1.82) is 0 Å². The predicted octanol–water partition coefficient (Wildman–Crippen LogP) is 2.31. The van der Waals surface area contributed by atoms with Gasteiger partial charge in [0.05, 0.1) is 29.5 Å². The van der Waals surface area contributed by atoms with Crippen molar-refractivity contribution in [2.75, 3.05) is 0 Å². The third kappa shape index (κ3) is 2.47. The quantitative estimate of drug-likeness (QED) is 0.506. The smallest absolute Gasteiger partial charge is 0.335 e. The zero-order valence-electron chi connectivity index (χ0n) is 17.3. The highest BCUT2D eigenvalue weighted by Crippen LogP contribution is 2.69. The Labute approximate surface area is 175 Å². The van der Waals surface area contributed by atoms with Crippen LogP contribution in [0.25, 0.3) is 0 Å². The molecule has 0 aromatic carbocycles. The highest BCUT2D eigenvalue weighted by molar-refractivity contribution is 5.67. The standard InChI is InChI=1S/C24H30O6/c1-22-8-7-17-18(4-3-15-10-16(26)6-9-23(15,17)13-25)24(22,29)11-19(27)21(22)14-2-5-20(28)30-12-14/h2,5,10,12-13,16-19,21,26-27,29H,3-4,6-9,11H2,1H3/t16-,17+,18+,19+,21+,22-,23-,24+/m1/s1. The molecule has 4 aliphatic rings. The topological polar surface area (TPSA) is 108 Å². The summed E-state index contributed by atoms with van der Waals surface area (Å²) in [7, 11) is 0. The molecule has 4 aliphatic carbocycles. The van der Waals surface area contributed by atoms with Crippen LogP contribution >= 0.6 is 0 Å². The second kappa shape index (κ2) is 6.62. The molecule has 3 N–H and O–H groups in total. The van der Waals surface area contributed by atoms with Gasteiger partial charge in [-0.15, -0.1) is 0 Å². The van der Waals surface area contributed by atoms with Crippen LogP contribution in [0.4, 0.5) is 0 Å². The molecule has 0 amide bonds. The van der Waals surface area contributed by atoms with Crippen LogP contribution in [0.2, 0.25) is 0 Å². The number of aliphatic hydroxyl groups excluding tert-OH is 2. The van der Waals surface area contributed by atoms with Gasteiger partial charge in [-0.1, -0.05) is 18.6 Å². The number of rotatable bonds is 2. The molecular formula is C24H30O6. The number of aldehydes is 1. The fourth-order valence-electron chi connectivity index (χ4n) is 7.78. The summed E-state index contributed by atoms with van der Waals surface area (Å²) in [6, 6.07) is 3.06. The molecule has 0 saturated heterocycles. The van der Waals surface area contributed by atoms with Gasteiger partial charge >= 0.3 is 5.63 Å². The largest absolute Gasteiger partial charge is 0.431 e. The molecule has 6 heteroatoms. The van der Waals surface area contributed by atoms with E-state index in [1.165, 1.54) is 12.3 Å². The van der Waals surface area contributed by atoms with E-state index in [1.807, 2.05) is 13.0 Å². The maximum Gasteiger partial charge on any atom is 0.335 e. The Morgan fingerprint density at radius 1 is 1.13 bits per heavy atom. The van der Waals surface area contributed by atoms with Gasteiger partial charge in [-0.2, -0.15) is 0 Å². The van der Waals surface area contributed by atoms with Crippen LogP contribution in [0.5, 0.6) is 0 Å². The molecule has 1 aromatic rings. The second-order valence-corrected chi connectivity index (χ2v) is 10.2. The Kier molecular flexibility index (Phi) is 4.45. The van der Waals surface area contributed by atoms with Crippen molar-refractivity contribution in [3.8, 4) is 0 Å². The first-order chi connectivity index (χ1) is 14.2. The van der Waals surface area contributed by atoms with Crippen LogP contribution < -0.4 is 5.63 Å². The van der Waals surface area contributed by atoms with E-state index in [0.29, 0.717) is 25.7 Å². The summed E-state index contributed by atoms with van der Waals surface area (Å²) < 4.78 is 5.07. The maximum atomic E-state index is 12.4.